The third-order valence-corrected chi connectivity index (χ3v) is 8.47. The Morgan fingerprint density at radius 1 is 0.909 bits per heavy atom. The number of nitrogens with one attached hydrogen (secondary N) is 1. The quantitative estimate of drug-likeness (QED) is 0.433. The second kappa shape index (κ2) is 12.4. The van der Waals surface area contributed by atoms with E-state index in [2.05, 4.69) is 5.32 Å². The number of urea groups is 1. The topological polar surface area (TPSA) is 117 Å². The van der Waals surface area contributed by atoms with E-state index in [0.29, 0.717) is 19.5 Å². The summed E-state index contributed by atoms with van der Waals surface area (Å²) < 4.78 is 0. The molecule has 0 aromatic heterocycles. The van der Waals surface area contributed by atoms with Gasteiger partial charge in [0.05, 0.1) is 13.1 Å². The molecule has 5 amide bonds. The number of carbonyl (C=O) groups is 4. The molecule has 3 aromatic rings. The van der Waals surface area contributed by atoms with Crippen molar-refractivity contribution in [3.8, 4) is 5.75 Å². The highest BCUT2D eigenvalue weighted by atomic mass is 16.3. The van der Waals surface area contributed by atoms with E-state index in [4.69, 9.17) is 0 Å². The van der Waals surface area contributed by atoms with Crippen LogP contribution < -0.4 is 10.2 Å². The van der Waals surface area contributed by atoms with Crippen LogP contribution in [-0.2, 0) is 33.9 Å². The molecule has 0 spiro atoms. The van der Waals surface area contributed by atoms with E-state index in [1.54, 1.807) is 51.0 Å². The van der Waals surface area contributed by atoms with Gasteiger partial charge < -0.3 is 25.1 Å². The minimum Gasteiger partial charge on any atom is -0.508 e. The van der Waals surface area contributed by atoms with E-state index in [9.17, 15) is 24.3 Å². The third-order valence-electron chi connectivity index (χ3n) is 8.47. The molecule has 3 heterocycles. The lowest BCUT2D eigenvalue weighted by Gasteiger charge is -2.54. The molecule has 228 valence electrons. The number of fused-ring (bicyclic) bond motifs is 1. The van der Waals surface area contributed by atoms with E-state index in [1.807, 2.05) is 54.6 Å². The predicted octanol–water partition coefficient (Wildman–Crippen LogP) is 2.70. The van der Waals surface area contributed by atoms with Gasteiger partial charge in [0, 0.05) is 45.2 Å². The van der Waals surface area contributed by atoms with Crippen LogP contribution >= 0.6 is 0 Å². The molecule has 6 rings (SSSR count). The first-order valence-electron chi connectivity index (χ1n) is 14.9. The van der Waals surface area contributed by atoms with Crippen LogP contribution in [0.15, 0.2) is 78.9 Å². The molecule has 44 heavy (non-hydrogen) atoms. The Balaban J connectivity index is 1.30. The number of phenolic OH excluding ortho intramolecular Hbond substituents is 1. The van der Waals surface area contributed by atoms with Gasteiger partial charge in [0.1, 0.15) is 18.0 Å². The van der Waals surface area contributed by atoms with Crippen molar-refractivity contribution in [3.63, 3.8) is 0 Å². The number of nitrogens with zero attached hydrogens (tertiary/aromatic N) is 5. The lowest BCUT2D eigenvalue weighted by atomic mass is 9.98. The maximum absolute atomic E-state index is 14.1. The van der Waals surface area contributed by atoms with E-state index in [1.165, 1.54) is 5.01 Å². The molecular weight excluding hydrogens is 560 g/mol. The van der Waals surface area contributed by atoms with E-state index in [-0.39, 0.29) is 55.6 Å². The average molecular weight is 597 g/mol. The van der Waals surface area contributed by atoms with Crippen LogP contribution in [0.1, 0.15) is 29.5 Å². The summed E-state index contributed by atoms with van der Waals surface area (Å²) in [5.74, 6) is -0.270. The Labute approximate surface area is 256 Å². The predicted molar refractivity (Wildman–Crippen MR) is 163 cm³/mol. The van der Waals surface area contributed by atoms with Gasteiger partial charge in [-0.2, -0.15) is 0 Å². The fourth-order valence-corrected chi connectivity index (χ4v) is 6.32. The summed E-state index contributed by atoms with van der Waals surface area (Å²) in [6.07, 6.45) is 0.826. The van der Waals surface area contributed by atoms with Crippen molar-refractivity contribution in [2.45, 2.75) is 44.6 Å². The highest BCUT2D eigenvalue weighted by molar-refractivity contribution is 5.95. The molecule has 11 heteroatoms. The fourth-order valence-electron chi connectivity index (χ4n) is 6.32. The van der Waals surface area contributed by atoms with Crippen molar-refractivity contribution in [1.29, 1.82) is 0 Å². The molecule has 2 atom stereocenters. The third kappa shape index (κ3) is 5.96. The molecule has 3 aromatic carbocycles. The number of hydrogen-bond acceptors (Lipinski definition) is 6. The lowest BCUT2D eigenvalue weighted by molar-refractivity contribution is -0.187. The van der Waals surface area contributed by atoms with Crippen LogP contribution in [-0.4, -0.2) is 87.6 Å². The summed E-state index contributed by atoms with van der Waals surface area (Å²) in [5.41, 5.74) is 3.37. The van der Waals surface area contributed by atoms with Crippen molar-refractivity contribution in [2.75, 3.05) is 31.6 Å². The van der Waals surface area contributed by atoms with Crippen LogP contribution in [0.2, 0.25) is 0 Å². The molecule has 0 saturated carbocycles. The summed E-state index contributed by atoms with van der Waals surface area (Å²) in [6, 6.07) is 22.5. The summed E-state index contributed by atoms with van der Waals surface area (Å²) in [7, 11) is 1.70. The van der Waals surface area contributed by atoms with Gasteiger partial charge in [0.25, 0.3) is 0 Å². The van der Waals surface area contributed by atoms with Gasteiger partial charge in [-0.3, -0.25) is 14.4 Å². The first kappa shape index (κ1) is 29.2. The van der Waals surface area contributed by atoms with Crippen molar-refractivity contribution in [3.05, 3.63) is 95.6 Å². The van der Waals surface area contributed by atoms with Gasteiger partial charge in [-0.15, -0.1) is 0 Å². The van der Waals surface area contributed by atoms with Crippen molar-refractivity contribution in [2.24, 2.45) is 0 Å². The van der Waals surface area contributed by atoms with Gasteiger partial charge in [0.15, 0.2) is 0 Å². The molecule has 3 aliphatic rings. The van der Waals surface area contributed by atoms with Crippen LogP contribution in [0, 0.1) is 0 Å². The molecule has 2 N–H and O–H groups in total. The van der Waals surface area contributed by atoms with Crippen molar-refractivity contribution < 1.29 is 24.3 Å². The maximum Gasteiger partial charge on any atom is 0.334 e. The Morgan fingerprint density at radius 2 is 1.66 bits per heavy atom. The van der Waals surface area contributed by atoms with E-state index < -0.39 is 12.2 Å². The summed E-state index contributed by atoms with van der Waals surface area (Å²) in [6.45, 7) is 1.29. The zero-order valence-corrected chi connectivity index (χ0v) is 24.6. The van der Waals surface area contributed by atoms with Crippen LogP contribution in [0.5, 0.6) is 5.75 Å². The summed E-state index contributed by atoms with van der Waals surface area (Å²) in [5, 5.41) is 15.9. The number of piperazine rings is 1. The SMILES string of the molecule is CN1CC(=O)N2C(CN(Cc3cccc(N4CCCC4=O)c3)C(=O)[C@@H]2Cc2ccc(O)cc2)N1C(=O)NCc1ccccc1. The number of anilines is 1. The smallest absolute Gasteiger partial charge is 0.334 e. The number of hydrogen-bond donors (Lipinski definition) is 2. The maximum atomic E-state index is 14.1. The summed E-state index contributed by atoms with van der Waals surface area (Å²) >= 11 is 0. The fraction of sp³-hybridized carbons (Fsp3) is 0.333. The zero-order chi connectivity index (χ0) is 30.8. The molecule has 3 aliphatic heterocycles. The molecule has 3 fully saturated rings. The van der Waals surface area contributed by atoms with Gasteiger partial charge in [-0.05, 0) is 47.4 Å². The van der Waals surface area contributed by atoms with Gasteiger partial charge >= 0.3 is 6.03 Å². The van der Waals surface area contributed by atoms with Crippen LogP contribution in [0.3, 0.4) is 0 Å². The minimum absolute atomic E-state index is 0.0550. The van der Waals surface area contributed by atoms with E-state index in [0.717, 1.165) is 28.8 Å². The Hall–Kier alpha value is -4.90. The molecule has 0 bridgehead atoms. The normalized spacial score (nSPS) is 20.7. The van der Waals surface area contributed by atoms with E-state index >= 15 is 0 Å². The molecule has 11 nitrogen and oxygen atoms in total. The number of aromatic hydroxyl groups is 1. The monoisotopic (exact) mass is 596 g/mol. The second-order valence-corrected chi connectivity index (χ2v) is 11.5. The number of benzene rings is 3. The standard InChI is InChI=1S/C33H36N6O5/c1-35-22-31(42)38-28(18-23-12-14-27(40)15-13-23)32(43)36(20-25-9-5-10-26(17-25)37-16-6-11-30(37)41)21-29(38)39(35)33(44)34-19-24-7-3-2-4-8-24/h2-5,7-10,12-15,17,28-29,40H,6,11,16,18-22H2,1H3,(H,34,44)/t28-,29?/m0/s1. The highest BCUT2D eigenvalue weighted by Crippen LogP contribution is 2.30. The average Bonchev–Trinajstić information content (AvgIpc) is 3.45. The molecule has 1 unspecified atom stereocenters. The number of hydrazine groups is 1. The second-order valence-electron chi connectivity index (χ2n) is 11.5. The van der Waals surface area contributed by atoms with Gasteiger partial charge in [-0.1, -0.05) is 54.6 Å². The minimum atomic E-state index is -0.854. The van der Waals surface area contributed by atoms with Crippen LogP contribution in [0.25, 0.3) is 0 Å². The Bertz CT molecular complexity index is 1550. The molecule has 0 radical (unpaired) electrons. The number of carbonyl (C=O) groups excluding carboxylic acids is 4. The summed E-state index contributed by atoms with van der Waals surface area (Å²) in [4.78, 5) is 58.8. The first-order chi connectivity index (χ1) is 21.3. The largest absolute Gasteiger partial charge is 0.508 e. The van der Waals surface area contributed by atoms with Gasteiger partial charge in [0.2, 0.25) is 17.7 Å². The van der Waals surface area contributed by atoms with Crippen molar-refractivity contribution in [1.82, 2.24) is 25.1 Å². The Kier molecular flexibility index (Phi) is 8.21. The number of phenols is 1. The number of rotatable bonds is 7. The number of amides is 5. The molecule has 3 saturated heterocycles. The highest BCUT2D eigenvalue weighted by Gasteiger charge is 2.50. The Morgan fingerprint density at radius 3 is 2.39 bits per heavy atom. The number of likely N-dealkylation sites (N-methyl/N-ethyl adjacent to an activating group) is 1. The van der Waals surface area contributed by atoms with Gasteiger partial charge in [-0.25, -0.2) is 14.8 Å². The molecule has 0 aliphatic carbocycles. The van der Waals surface area contributed by atoms with Crippen LogP contribution in [0.4, 0.5) is 10.5 Å². The first-order valence-corrected chi connectivity index (χ1v) is 14.9. The lowest BCUT2D eigenvalue weighted by Crippen LogP contribution is -2.76. The molecular formula is C33H36N6O5. The zero-order valence-electron chi connectivity index (χ0n) is 24.6. The van der Waals surface area contributed by atoms with Crippen molar-refractivity contribution >= 4 is 29.4 Å².